The van der Waals surface area contributed by atoms with Crippen LogP contribution >= 0.6 is 0 Å². The molecule has 0 spiro atoms. The number of benzene rings is 1. The number of aliphatic hydroxyl groups excluding tert-OH is 1. The van der Waals surface area contributed by atoms with E-state index in [1.54, 1.807) is 0 Å². The Bertz CT molecular complexity index is 516. The van der Waals surface area contributed by atoms with E-state index in [1.165, 1.54) is 5.56 Å². The minimum absolute atomic E-state index is 0.347. The van der Waals surface area contributed by atoms with Gasteiger partial charge in [-0.2, -0.15) is 0 Å². The zero-order chi connectivity index (χ0) is 18.9. The van der Waals surface area contributed by atoms with E-state index in [9.17, 15) is 5.11 Å². The molecule has 0 saturated carbocycles. The van der Waals surface area contributed by atoms with Crippen molar-refractivity contribution in [2.24, 2.45) is 5.92 Å². The first kappa shape index (κ1) is 21.2. The summed E-state index contributed by atoms with van der Waals surface area (Å²) < 4.78 is 5.85. The molecule has 148 valence electrons. The summed E-state index contributed by atoms with van der Waals surface area (Å²) in [6, 6.07) is 8.22. The summed E-state index contributed by atoms with van der Waals surface area (Å²) in [5.74, 6) is 1.50. The summed E-state index contributed by atoms with van der Waals surface area (Å²) in [4.78, 5) is 7.10. The van der Waals surface area contributed by atoms with Crippen LogP contribution in [0.5, 0.6) is 5.75 Å². The van der Waals surface area contributed by atoms with E-state index in [0.29, 0.717) is 19.1 Å². The Labute approximate surface area is 159 Å². The Hall–Kier alpha value is -1.14. The molecule has 1 aliphatic heterocycles. The second-order valence-corrected chi connectivity index (χ2v) is 7.94. The van der Waals surface area contributed by atoms with Gasteiger partial charge in [-0.3, -0.25) is 4.90 Å². The monoisotopic (exact) mass is 363 g/mol. The van der Waals surface area contributed by atoms with Gasteiger partial charge >= 0.3 is 0 Å². The van der Waals surface area contributed by atoms with E-state index in [1.807, 2.05) is 12.1 Å². The number of likely N-dealkylation sites (N-methyl/N-ethyl adjacent to an activating group) is 1. The maximum Gasteiger partial charge on any atom is 0.119 e. The molecule has 5 nitrogen and oxygen atoms in total. The lowest BCUT2D eigenvalue weighted by molar-refractivity contribution is 0.0470. The second kappa shape index (κ2) is 10.9. The van der Waals surface area contributed by atoms with Gasteiger partial charge in [0, 0.05) is 45.8 Å². The maximum absolute atomic E-state index is 10.3. The van der Waals surface area contributed by atoms with E-state index in [0.717, 1.165) is 51.6 Å². The molecule has 0 amide bonds. The van der Waals surface area contributed by atoms with Crippen LogP contribution in [0.15, 0.2) is 24.3 Å². The number of ether oxygens (including phenoxy) is 1. The Kier molecular flexibility index (Phi) is 8.85. The molecule has 2 rings (SSSR count). The van der Waals surface area contributed by atoms with Crippen LogP contribution in [0.4, 0.5) is 0 Å². The lowest BCUT2D eigenvalue weighted by Crippen LogP contribution is -2.49. The van der Waals surface area contributed by atoms with Crippen LogP contribution in [0.2, 0.25) is 0 Å². The average molecular weight is 364 g/mol. The fourth-order valence-corrected chi connectivity index (χ4v) is 3.56. The van der Waals surface area contributed by atoms with E-state index < -0.39 is 6.10 Å². The number of piperazine rings is 1. The molecule has 5 heteroatoms. The second-order valence-electron chi connectivity index (χ2n) is 7.94. The molecule has 1 aromatic carbocycles. The molecular formula is C21H37N3O2. The topological polar surface area (TPSA) is 39.2 Å². The quantitative estimate of drug-likeness (QED) is 0.690. The smallest absolute Gasteiger partial charge is 0.119 e. The highest BCUT2D eigenvalue weighted by atomic mass is 16.5. The third-order valence-electron chi connectivity index (χ3n) is 4.85. The number of hydrogen-bond acceptors (Lipinski definition) is 5. The minimum atomic E-state index is -0.449. The summed E-state index contributed by atoms with van der Waals surface area (Å²) in [5, 5.41) is 10.3. The van der Waals surface area contributed by atoms with Gasteiger partial charge in [0.05, 0.1) is 0 Å². The lowest BCUT2D eigenvalue weighted by atomic mass is 10.1. The van der Waals surface area contributed by atoms with Gasteiger partial charge in [0.2, 0.25) is 0 Å². The van der Waals surface area contributed by atoms with Gasteiger partial charge in [0.15, 0.2) is 0 Å². The van der Waals surface area contributed by atoms with Gasteiger partial charge < -0.3 is 19.6 Å². The van der Waals surface area contributed by atoms with Crippen molar-refractivity contribution in [3.05, 3.63) is 29.8 Å². The molecule has 1 unspecified atom stereocenters. The molecule has 1 heterocycles. The van der Waals surface area contributed by atoms with Crippen LogP contribution in [-0.2, 0) is 6.54 Å². The van der Waals surface area contributed by atoms with E-state index in [2.05, 4.69) is 54.7 Å². The van der Waals surface area contributed by atoms with Crippen molar-refractivity contribution in [1.82, 2.24) is 14.7 Å². The van der Waals surface area contributed by atoms with Crippen molar-refractivity contribution >= 4 is 0 Å². The first-order chi connectivity index (χ1) is 12.5. The summed E-state index contributed by atoms with van der Waals surface area (Å²) in [6.07, 6.45) is -0.449. The molecule has 0 aliphatic carbocycles. The summed E-state index contributed by atoms with van der Waals surface area (Å²) >= 11 is 0. The minimum Gasteiger partial charge on any atom is -0.491 e. The zero-order valence-electron chi connectivity index (χ0n) is 17.0. The van der Waals surface area contributed by atoms with Gasteiger partial charge in [0.25, 0.3) is 0 Å². The average Bonchev–Trinajstić information content (AvgIpc) is 2.60. The highest BCUT2D eigenvalue weighted by Gasteiger charge is 2.18. The Morgan fingerprint density at radius 2 is 1.85 bits per heavy atom. The van der Waals surface area contributed by atoms with Crippen molar-refractivity contribution in [2.75, 3.05) is 59.5 Å². The Balaban J connectivity index is 1.74. The molecule has 0 bridgehead atoms. The molecule has 1 saturated heterocycles. The van der Waals surface area contributed by atoms with Crippen LogP contribution in [0.3, 0.4) is 0 Å². The van der Waals surface area contributed by atoms with Gasteiger partial charge in [-0.1, -0.05) is 32.9 Å². The number of hydrogen-bond donors (Lipinski definition) is 1. The molecule has 1 fully saturated rings. The van der Waals surface area contributed by atoms with E-state index in [4.69, 9.17) is 4.74 Å². The molecule has 0 radical (unpaired) electrons. The van der Waals surface area contributed by atoms with Gasteiger partial charge in [-0.05, 0) is 37.2 Å². The van der Waals surface area contributed by atoms with Crippen LogP contribution in [0.1, 0.15) is 26.3 Å². The fraction of sp³-hybridized carbons (Fsp3) is 0.714. The van der Waals surface area contributed by atoms with Crippen molar-refractivity contribution < 1.29 is 9.84 Å². The van der Waals surface area contributed by atoms with Gasteiger partial charge in [-0.15, -0.1) is 0 Å². The molecule has 1 atom stereocenters. The summed E-state index contributed by atoms with van der Waals surface area (Å²) in [5.41, 5.74) is 1.25. The van der Waals surface area contributed by atoms with Crippen molar-refractivity contribution in [1.29, 1.82) is 0 Å². The lowest BCUT2D eigenvalue weighted by Gasteiger charge is -2.34. The predicted octanol–water partition coefficient (Wildman–Crippen LogP) is 2.15. The Morgan fingerprint density at radius 1 is 1.15 bits per heavy atom. The van der Waals surface area contributed by atoms with Gasteiger partial charge in [0.1, 0.15) is 18.5 Å². The number of β-amino-alcohol motifs (C(OH)–C–C–N with tert-alkyl or cyclic N) is 1. The third-order valence-corrected chi connectivity index (χ3v) is 4.85. The van der Waals surface area contributed by atoms with Crippen molar-refractivity contribution in [2.45, 2.75) is 33.4 Å². The highest BCUT2D eigenvalue weighted by molar-refractivity contribution is 5.28. The van der Waals surface area contributed by atoms with Crippen LogP contribution in [0, 0.1) is 5.92 Å². The fourth-order valence-electron chi connectivity index (χ4n) is 3.56. The van der Waals surface area contributed by atoms with Crippen LogP contribution in [0.25, 0.3) is 0 Å². The highest BCUT2D eigenvalue weighted by Crippen LogP contribution is 2.15. The first-order valence-electron chi connectivity index (χ1n) is 9.99. The van der Waals surface area contributed by atoms with E-state index in [-0.39, 0.29) is 0 Å². The molecule has 1 aromatic rings. The molecule has 26 heavy (non-hydrogen) atoms. The van der Waals surface area contributed by atoms with Crippen molar-refractivity contribution in [3.8, 4) is 5.75 Å². The number of rotatable bonds is 10. The number of nitrogens with zero attached hydrogens (tertiary/aromatic N) is 3. The van der Waals surface area contributed by atoms with Crippen molar-refractivity contribution in [3.63, 3.8) is 0 Å². The predicted molar refractivity (Wildman–Crippen MR) is 108 cm³/mol. The van der Waals surface area contributed by atoms with Gasteiger partial charge in [-0.25, -0.2) is 0 Å². The molecule has 1 aliphatic rings. The molecule has 1 N–H and O–H groups in total. The summed E-state index contributed by atoms with van der Waals surface area (Å²) in [7, 11) is 2.15. The third kappa shape index (κ3) is 7.62. The SMILES string of the molecule is CCN1CCN(CC(O)COc2cccc(CN(C)CC(C)C)c2)CC1. The van der Waals surface area contributed by atoms with Crippen LogP contribution < -0.4 is 4.74 Å². The first-order valence-corrected chi connectivity index (χ1v) is 9.99. The molecule has 0 aromatic heterocycles. The van der Waals surface area contributed by atoms with E-state index >= 15 is 0 Å². The Morgan fingerprint density at radius 3 is 2.50 bits per heavy atom. The number of aliphatic hydroxyl groups is 1. The molecular weight excluding hydrogens is 326 g/mol. The zero-order valence-corrected chi connectivity index (χ0v) is 17.0. The van der Waals surface area contributed by atoms with Crippen LogP contribution in [-0.4, -0.2) is 85.4 Å². The maximum atomic E-state index is 10.3. The summed E-state index contributed by atoms with van der Waals surface area (Å²) in [6.45, 7) is 15.1. The largest absolute Gasteiger partial charge is 0.491 e. The normalized spacial score (nSPS) is 17.8. The standard InChI is InChI=1S/C21H37N3O2/c1-5-23-9-11-24(12-10-23)16-20(25)17-26-21-8-6-7-19(13-21)15-22(4)14-18(2)3/h6-8,13,18,20,25H,5,9-12,14-17H2,1-4H3.